The third-order valence-electron chi connectivity index (χ3n) is 4.08. The van der Waals surface area contributed by atoms with Crippen molar-refractivity contribution in [3.05, 3.63) is 29.8 Å². The highest BCUT2D eigenvalue weighted by Gasteiger charge is 2.15. The van der Waals surface area contributed by atoms with E-state index < -0.39 is 0 Å². The Morgan fingerprint density at radius 2 is 1.85 bits per heavy atom. The van der Waals surface area contributed by atoms with Gasteiger partial charge in [0.2, 0.25) is 5.91 Å². The Morgan fingerprint density at radius 3 is 2.55 bits per heavy atom. The van der Waals surface area contributed by atoms with E-state index in [4.69, 9.17) is 0 Å². The standard InChI is InChI=1S/C17H23NO2/c1-13(19)15-9-5-6-10-16(15)18-17(20)12-11-14-7-3-2-4-8-14/h5-6,9-10,14H,2-4,7-8,11-12H2,1H3,(H,18,20). The summed E-state index contributed by atoms with van der Waals surface area (Å²) in [4.78, 5) is 23.5. The van der Waals surface area contributed by atoms with Crippen LogP contribution in [0.25, 0.3) is 0 Å². The lowest BCUT2D eigenvalue weighted by Gasteiger charge is -2.21. The molecule has 0 bridgehead atoms. The summed E-state index contributed by atoms with van der Waals surface area (Å²) in [5.41, 5.74) is 1.21. The number of hydrogen-bond donors (Lipinski definition) is 1. The number of ketones is 1. The summed E-state index contributed by atoms with van der Waals surface area (Å²) in [5.74, 6) is 0.704. The molecule has 0 unspecified atom stereocenters. The molecule has 1 amide bonds. The normalized spacial score (nSPS) is 15.8. The molecule has 1 aromatic carbocycles. The van der Waals surface area contributed by atoms with Crippen LogP contribution in [0.4, 0.5) is 5.69 Å². The molecule has 1 saturated carbocycles. The topological polar surface area (TPSA) is 46.2 Å². The molecule has 0 aromatic heterocycles. The number of Topliss-reactive ketones (excluding diaryl/α,β-unsaturated/α-hetero) is 1. The molecule has 20 heavy (non-hydrogen) atoms. The maximum atomic E-state index is 12.0. The Hall–Kier alpha value is -1.64. The molecule has 3 heteroatoms. The lowest BCUT2D eigenvalue weighted by molar-refractivity contribution is -0.116. The van der Waals surface area contributed by atoms with E-state index >= 15 is 0 Å². The molecule has 1 aliphatic rings. The highest BCUT2D eigenvalue weighted by molar-refractivity contribution is 6.03. The first-order valence-electron chi connectivity index (χ1n) is 7.56. The summed E-state index contributed by atoms with van der Waals surface area (Å²) in [6.07, 6.45) is 7.99. The number of rotatable bonds is 5. The van der Waals surface area contributed by atoms with E-state index in [1.165, 1.54) is 39.0 Å². The molecule has 0 aliphatic heterocycles. The van der Waals surface area contributed by atoms with Crippen LogP contribution < -0.4 is 5.32 Å². The molecule has 1 N–H and O–H groups in total. The van der Waals surface area contributed by atoms with Crippen molar-refractivity contribution in [2.45, 2.75) is 51.9 Å². The Balaban J connectivity index is 1.86. The van der Waals surface area contributed by atoms with Crippen LogP contribution in [0.15, 0.2) is 24.3 Å². The number of para-hydroxylation sites is 1. The SMILES string of the molecule is CC(=O)c1ccccc1NC(=O)CCC1CCCCC1. The van der Waals surface area contributed by atoms with E-state index in [-0.39, 0.29) is 11.7 Å². The molecule has 0 saturated heterocycles. The van der Waals surface area contributed by atoms with Gasteiger partial charge in [-0.15, -0.1) is 0 Å². The summed E-state index contributed by atoms with van der Waals surface area (Å²) < 4.78 is 0. The highest BCUT2D eigenvalue weighted by Crippen LogP contribution is 2.27. The lowest BCUT2D eigenvalue weighted by Crippen LogP contribution is -2.16. The average Bonchev–Trinajstić information content (AvgIpc) is 2.46. The smallest absolute Gasteiger partial charge is 0.224 e. The molecular weight excluding hydrogens is 250 g/mol. The van der Waals surface area contributed by atoms with Crippen LogP contribution in [0.1, 0.15) is 62.2 Å². The van der Waals surface area contributed by atoms with Gasteiger partial charge in [-0.3, -0.25) is 9.59 Å². The number of amides is 1. The van der Waals surface area contributed by atoms with Crippen molar-refractivity contribution in [3.63, 3.8) is 0 Å². The van der Waals surface area contributed by atoms with Crippen LogP contribution in [-0.2, 0) is 4.79 Å². The van der Waals surface area contributed by atoms with Crippen molar-refractivity contribution in [3.8, 4) is 0 Å². The molecule has 1 aromatic rings. The lowest BCUT2D eigenvalue weighted by atomic mass is 9.86. The first-order chi connectivity index (χ1) is 9.66. The van der Waals surface area contributed by atoms with Crippen molar-refractivity contribution >= 4 is 17.4 Å². The van der Waals surface area contributed by atoms with Gasteiger partial charge in [-0.2, -0.15) is 0 Å². The third kappa shape index (κ3) is 4.19. The Labute approximate surface area is 120 Å². The van der Waals surface area contributed by atoms with Gasteiger partial charge in [-0.1, -0.05) is 44.2 Å². The fourth-order valence-corrected chi connectivity index (χ4v) is 2.92. The fraction of sp³-hybridized carbons (Fsp3) is 0.529. The molecule has 108 valence electrons. The average molecular weight is 273 g/mol. The van der Waals surface area contributed by atoms with E-state index in [1.807, 2.05) is 12.1 Å². The molecule has 0 spiro atoms. The molecular formula is C17H23NO2. The summed E-state index contributed by atoms with van der Waals surface area (Å²) >= 11 is 0. The van der Waals surface area contributed by atoms with Crippen LogP contribution in [0.2, 0.25) is 0 Å². The molecule has 1 aliphatic carbocycles. The Bertz CT molecular complexity index is 476. The van der Waals surface area contributed by atoms with Crippen LogP contribution >= 0.6 is 0 Å². The summed E-state index contributed by atoms with van der Waals surface area (Å²) in [6.45, 7) is 1.52. The molecule has 2 rings (SSSR count). The van der Waals surface area contributed by atoms with E-state index in [2.05, 4.69) is 5.32 Å². The van der Waals surface area contributed by atoms with Gasteiger partial charge in [-0.05, 0) is 31.4 Å². The van der Waals surface area contributed by atoms with Gasteiger partial charge in [-0.25, -0.2) is 0 Å². The molecule has 0 heterocycles. The maximum absolute atomic E-state index is 12.0. The molecule has 1 fully saturated rings. The van der Waals surface area contributed by atoms with Crippen LogP contribution in [0.3, 0.4) is 0 Å². The molecule has 0 radical (unpaired) electrons. The zero-order valence-electron chi connectivity index (χ0n) is 12.2. The van der Waals surface area contributed by atoms with Crippen molar-refractivity contribution in [1.29, 1.82) is 0 Å². The third-order valence-corrected chi connectivity index (χ3v) is 4.08. The van der Waals surface area contributed by atoms with E-state index in [0.29, 0.717) is 23.6 Å². The van der Waals surface area contributed by atoms with Gasteiger partial charge in [0.05, 0.1) is 5.69 Å². The number of hydrogen-bond acceptors (Lipinski definition) is 2. The zero-order valence-corrected chi connectivity index (χ0v) is 12.2. The van der Waals surface area contributed by atoms with Gasteiger partial charge in [0.1, 0.15) is 0 Å². The van der Waals surface area contributed by atoms with E-state index in [9.17, 15) is 9.59 Å². The first kappa shape index (κ1) is 14.8. The van der Waals surface area contributed by atoms with Crippen LogP contribution in [0, 0.1) is 5.92 Å². The predicted octanol–water partition coefficient (Wildman–Crippen LogP) is 4.19. The second-order valence-electron chi connectivity index (χ2n) is 5.69. The zero-order chi connectivity index (χ0) is 14.4. The number of carbonyl (C=O) groups is 2. The largest absolute Gasteiger partial charge is 0.325 e. The monoisotopic (exact) mass is 273 g/mol. The number of nitrogens with one attached hydrogen (secondary N) is 1. The number of anilines is 1. The minimum Gasteiger partial charge on any atom is -0.325 e. The number of benzene rings is 1. The van der Waals surface area contributed by atoms with Crippen LogP contribution in [0.5, 0.6) is 0 Å². The Kier molecular flexibility index (Phi) is 5.33. The quantitative estimate of drug-likeness (QED) is 0.818. The highest BCUT2D eigenvalue weighted by atomic mass is 16.1. The van der Waals surface area contributed by atoms with Gasteiger partial charge in [0, 0.05) is 12.0 Å². The second kappa shape index (κ2) is 7.22. The fourth-order valence-electron chi connectivity index (χ4n) is 2.92. The van der Waals surface area contributed by atoms with Gasteiger partial charge in [0.25, 0.3) is 0 Å². The Morgan fingerprint density at radius 1 is 1.15 bits per heavy atom. The van der Waals surface area contributed by atoms with Crippen molar-refractivity contribution in [2.75, 3.05) is 5.32 Å². The van der Waals surface area contributed by atoms with Gasteiger partial charge in [0.15, 0.2) is 5.78 Å². The van der Waals surface area contributed by atoms with E-state index in [1.54, 1.807) is 12.1 Å². The predicted molar refractivity (Wildman–Crippen MR) is 80.9 cm³/mol. The summed E-state index contributed by atoms with van der Waals surface area (Å²) in [6, 6.07) is 7.19. The van der Waals surface area contributed by atoms with Crippen LogP contribution in [-0.4, -0.2) is 11.7 Å². The summed E-state index contributed by atoms with van der Waals surface area (Å²) in [5, 5.41) is 2.87. The van der Waals surface area contributed by atoms with Gasteiger partial charge >= 0.3 is 0 Å². The molecule has 0 atom stereocenters. The number of carbonyl (C=O) groups excluding carboxylic acids is 2. The van der Waals surface area contributed by atoms with Crippen molar-refractivity contribution in [2.24, 2.45) is 5.92 Å². The minimum atomic E-state index is -0.0202. The molecule has 3 nitrogen and oxygen atoms in total. The van der Waals surface area contributed by atoms with E-state index in [0.717, 1.165) is 6.42 Å². The van der Waals surface area contributed by atoms with Gasteiger partial charge < -0.3 is 5.32 Å². The van der Waals surface area contributed by atoms with Crippen molar-refractivity contribution in [1.82, 2.24) is 0 Å². The minimum absolute atomic E-state index is 0.0178. The van der Waals surface area contributed by atoms with Crippen molar-refractivity contribution < 1.29 is 9.59 Å². The first-order valence-corrected chi connectivity index (χ1v) is 7.56. The maximum Gasteiger partial charge on any atom is 0.224 e. The second-order valence-corrected chi connectivity index (χ2v) is 5.69. The summed E-state index contributed by atoms with van der Waals surface area (Å²) in [7, 11) is 0.